The Bertz CT molecular complexity index is 2050. The summed E-state index contributed by atoms with van der Waals surface area (Å²) >= 11 is 5.32. The highest BCUT2D eigenvalue weighted by atomic mass is 32.1. The molecule has 0 radical (unpaired) electrons. The maximum absolute atomic E-state index is 4.91. The lowest BCUT2D eigenvalue weighted by Crippen LogP contribution is -2.38. The van der Waals surface area contributed by atoms with Gasteiger partial charge in [0.15, 0.2) is 11.6 Å². The molecule has 9 rings (SSSR count). The zero-order chi connectivity index (χ0) is 33.2. The Morgan fingerprint density at radius 1 is 0.673 bits per heavy atom. The summed E-state index contributed by atoms with van der Waals surface area (Å²) in [6.07, 6.45) is 2.17. The van der Waals surface area contributed by atoms with E-state index in [9.17, 15) is 0 Å². The number of hydrogen-bond donors (Lipinski definition) is 0. The van der Waals surface area contributed by atoms with Gasteiger partial charge in [0.25, 0.3) is 0 Å². The van der Waals surface area contributed by atoms with Gasteiger partial charge in [-0.3, -0.25) is 9.80 Å². The first-order valence-corrected chi connectivity index (χ1v) is 19.0. The molecule has 12 nitrogen and oxygen atoms in total. The van der Waals surface area contributed by atoms with Crippen molar-refractivity contribution >= 4 is 34.0 Å². The molecule has 2 aliphatic heterocycles. The maximum atomic E-state index is 4.91. The molecule has 8 heterocycles. The van der Waals surface area contributed by atoms with E-state index in [0.29, 0.717) is 5.92 Å². The van der Waals surface area contributed by atoms with Gasteiger partial charge in [0.2, 0.25) is 0 Å². The van der Waals surface area contributed by atoms with Crippen LogP contribution in [0.1, 0.15) is 69.4 Å². The fraction of sp³-hybridized carbons (Fsp3) is 0.324. The second kappa shape index (κ2) is 14.2. The summed E-state index contributed by atoms with van der Waals surface area (Å²) in [5.41, 5.74) is 3.48. The van der Waals surface area contributed by atoms with E-state index in [1.54, 1.807) is 34.0 Å². The molecular weight excluding hydrogens is 673 g/mol. The molecule has 0 amide bonds. The Labute approximate surface area is 296 Å². The fourth-order valence-corrected chi connectivity index (χ4v) is 9.02. The highest BCUT2D eigenvalue weighted by Gasteiger charge is 2.34. The minimum Gasteiger partial charge on any atom is -0.283 e. The fourth-order valence-electron chi connectivity index (χ4n) is 6.58. The Morgan fingerprint density at radius 3 is 1.82 bits per heavy atom. The van der Waals surface area contributed by atoms with Gasteiger partial charge in [-0.25, -0.2) is 14.0 Å². The molecule has 15 heteroatoms. The van der Waals surface area contributed by atoms with Gasteiger partial charge in [0, 0.05) is 52.6 Å². The number of nitrogens with zero attached hydrogens (tertiary/aromatic N) is 12. The van der Waals surface area contributed by atoms with E-state index < -0.39 is 0 Å². The van der Waals surface area contributed by atoms with Gasteiger partial charge in [-0.2, -0.15) is 5.10 Å². The number of hydrogen-bond acceptors (Lipinski definition) is 12. The number of aromatic nitrogens is 10. The number of rotatable bonds is 8. The Hall–Kier alpha value is -4.41. The Morgan fingerprint density at radius 2 is 1.27 bits per heavy atom. The summed E-state index contributed by atoms with van der Waals surface area (Å²) in [5, 5.41) is 35.9. The smallest absolute Gasteiger partial charge is 0.173 e. The highest BCUT2D eigenvalue weighted by Crippen LogP contribution is 2.36. The molecular formula is C34H36N12S3. The molecule has 2 aliphatic rings. The molecule has 0 fully saturated rings. The number of tetrazole rings is 2. The van der Waals surface area contributed by atoms with E-state index in [1.807, 2.05) is 32.2 Å². The molecule has 49 heavy (non-hydrogen) atoms. The summed E-state index contributed by atoms with van der Waals surface area (Å²) in [6, 6.07) is 23.3. The van der Waals surface area contributed by atoms with Crippen LogP contribution < -0.4 is 0 Å². The van der Waals surface area contributed by atoms with E-state index in [1.165, 1.54) is 20.2 Å². The molecule has 0 saturated heterocycles. The third kappa shape index (κ3) is 6.64. The molecule has 6 aromatic heterocycles. The summed E-state index contributed by atoms with van der Waals surface area (Å²) in [5.74, 6) is 2.22. The van der Waals surface area contributed by atoms with E-state index in [-0.39, 0.29) is 12.1 Å². The van der Waals surface area contributed by atoms with Crippen molar-refractivity contribution in [1.82, 2.24) is 60.0 Å². The highest BCUT2D eigenvalue weighted by molar-refractivity contribution is 7.10. The Kier molecular flexibility index (Phi) is 9.23. The zero-order valence-corrected chi connectivity index (χ0v) is 29.7. The summed E-state index contributed by atoms with van der Waals surface area (Å²) in [6.45, 7) is 9.70. The molecule has 0 bridgehead atoms. The summed E-state index contributed by atoms with van der Waals surface area (Å²) in [4.78, 5) is 8.88. The average molecular weight is 709 g/mol. The number of fused-ring (bicyclic) bond motifs is 2. The topological polar surface area (TPSA) is 111 Å². The quantitative estimate of drug-likeness (QED) is 0.186. The van der Waals surface area contributed by atoms with Gasteiger partial charge >= 0.3 is 0 Å². The van der Waals surface area contributed by atoms with E-state index in [0.717, 1.165) is 62.3 Å². The standard InChI is InChI=1S/C21H23N7S.C13H13N5S2/c1-15(2)19-16(14-28(23-19)17-7-4-3-5-8-17)13-26-10-11-27-21(22-24-25-27)20(26)18-9-6-12-29-18;1-3-10(19-7-1)9-17-5-6-18-13(14-15-16-18)12(17)11-4-2-8-20-11/h3-9,12,14-15,20H,10-11,13H2,1-2H3;1-4,7-8,12H,5-6,9H2. The normalized spacial score (nSPS) is 17.9. The van der Waals surface area contributed by atoms with Gasteiger partial charge < -0.3 is 0 Å². The van der Waals surface area contributed by atoms with Crippen LogP contribution in [0.5, 0.6) is 0 Å². The van der Waals surface area contributed by atoms with Gasteiger partial charge in [-0.05, 0) is 73.2 Å². The lowest BCUT2D eigenvalue weighted by molar-refractivity contribution is 0.166. The molecule has 2 atom stereocenters. The molecule has 0 aliphatic carbocycles. The van der Waals surface area contributed by atoms with Gasteiger partial charge in [-0.15, -0.1) is 44.2 Å². The van der Waals surface area contributed by atoms with Crippen molar-refractivity contribution in [2.45, 2.75) is 58.0 Å². The van der Waals surface area contributed by atoms with Gasteiger partial charge in [0.05, 0.1) is 24.5 Å². The van der Waals surface area contributed by atoms with Crippen LogP contribution in [0.4, 0.5) is 0 Å². The average Bonchev–Trinajstić information content (AvgIpc) is 3.98. The van der Waals surface area contributed by atoms with Crippen LogP contribution in [-0.2, 0) is 26.2 Å². The third-order valence-electron chi connectivity index (χ3n) is 8.86. The summed E-state index contributed by atoms with van der Waals surface area (Å²) < 4.78 is 5.85. The van der Waals surface area contributed by atoms with Crippen LogP contribution in [0.15, 0.2) is 89.1 Å². The molecule has 2 unspecified atom stereocenters. The van der Waals surface area contributed by atoms with Crippen LogP contribution in [0.25, 0.3) is 5.69 Å². The lowest BCUT2D eigenvalue weighted by Gasteiger charge is -2.34. The van der Waals surface area contributed by atoms with Gasteiger partial charge in [-0.1, -0.05) is 50.2 Å². The lowest BCUT2D eigenvalue weighted by atomic mass is 10.0. The molecule has 0 saturated carbocycles. The predicted octanol–water partition coefficient (Wildman–Crippen LogP) is 6.05. The second-order valence-corrected chi connectivity index (χ2v) is 15.3. The van der Waals surface area contributed by atoms with Crippen LogP contribution in [0.2, 0.25) is 0 Å². The van der Waals surface area contributed by atoms with Crippen molar-refractivity contribution in [1.29, 1.82) is 0 Å². The van der Waals surface area contributed by atoms with Crippen molar-refractivity contribution < 1.29 is 0 Å². The number of benzene rings is 1. The van der Waals surface area contributed by atoms with Crippen LogP contribution in [-0.4, -0.2) is 73.1 Å². The molecule has 0 N–H and O–H groups in total. The molecule has 0 spiro atoms. The van der Waals surface area contributed by atoms with Crippen LogP contribution in [0, 0.1) is 0 Å². The number of para-hydroxylation sites is 1. The van der Waals surface area contributed by atoms with E-state index in [4.69, 9.17) is 5.10 Å². The van der Waals surface area contributed by atoms with Crippen molar-refractivity contribution in [3.05, 3.63) is 127 Å². The number of thiophene rings is 3. The van der Waals surface area contributed by atoms with E-state index >= 15 is 0 Å². The Balaban J connectivity index is 0.000000152. The van der Waals surface area contributed by atoms with Crippen molar-refractivity contribution in [2.75, 3.05) is 13.1 Å². The van der Waals surface area contributed by atoms with E-state index in [2.05, 4.69) is 126 Å². The first kappa shape index (κ1) is 31.8. The van der Waals surface area contributed by atoms with Crippen molar-refractivity contribution in [2.24, 2.45) is 0 Å². The molecule has 1 aromatic carbocycles. The monoisotopic (exact) mass is 708 g/mol. The minimum atomic E-state index is 0.0684. The molecule has 250 valence electrons. The minimum absolute atomic E-state index is 0.0684. The van der Waals surface area contributed by atoms with Crippen molar-refractivity contribution in [3.63, 3.8) is 0 Å². The summed E-state index contributed by atoms with van der Waals surface area (Å²) in [7, 11) is 0. The zero-order valence-electron chi connectivity index (χ0n) is 27.2. The largest absolute Gasteiger partial charge is 0.283 e. The predicted molar refractivity (Wildman–Crippen MR) is 191 cm³/mol. The maximum Gasteiger partial charge on any atom is 0.173 e. The first-order chi connectivity index (χ1) is 24.1. The molecule has 7 aromatic rings. The van der Waals surface area contributed by atoms with Crippen LogP contribution >= 0.6 is 34.0 Å². The van der Waals surface area contributed by atoms with Gasteiger partial charge in [0.1, 0.15) is 12.1 Å². The first-order valence-electron chi connectivity index (χ1n) is 16.4. The second-order valence-electron chi connectivity index (χ2n) is 12.4. The third-order valence-corrected chi connectivity index (χ3v) is 11.6. The van der Waals surface area contributed by atoms with Crippen molar-refractivity contribution in [3.8, 4) is 5.69 Å². The van der Waals surface area contributed by atoms with Crippen LogP contribution in [0.3, 0.4) is 0 Å². The SMILES string of the molecule is CC(C)c1nn(-c2ccccc2)cc1CN1CCn2nnnc2C1c1cccs1.c1csc(CN2CCn3nnnc3C2c2cccs2)c1.